The number of ether oxygens (including phenoxy) is 1. The van der Waals surface area contributed by atoms with Crippen LogP contribution in [0.3, 0.4) is 0 Å². The van der Waals surface area contributed by atoms with Gasteiger partial charge in [0.05, 0.1) is 18.4 Å². The lowest BCUT2D eigenvalue weighted by molar-refractivity contribution is 0.415. The van der Waals surface area contributed by atoms with Crippen molar-refractivity contribution in [3.05, 3.63) is 82.7 Å². The number of methoxy groups -OCH3 is 1. The molecule has 0 unspecified atom stereocenters. The van der Waals surface area contributed by atoms with Gasteiger partial charge in [0, 0.05) is 10.9 Å². The summed E-state index contributed by atoms with van der Waals surface area (Å²) < 4.78 is 5.17. The highest BCUT2D eigenvalue weighted by Crippen LogP contribution is 2.27. The first-order valence-corrected chi connectivity index (χ1v) is 8.62. The van der Waals surface area contributed by atoms with Gasteiger partial charge in [-0.05, 0) is 35.9 Å². The standard InChI is InChI=1S/C21H16N2OS/c1-24-19-12-10-17(11-13-19)20-15-25-21(23-20)18(14-22)9-5-8-16-6-3-2-4-7-16/h2-13,15H,1H3/b8-5-,18-9-. The molecular formula is C21H16N2OS. The summed E-state index contributed by atoms with van der Waals surface area (Å²) in [4.78, 5) is 4.59. The summed E-state index contributed by atoms with van der Waals surface area (Å²) in [5.41, 5.74) is 3.50. The zero-order valence-electron chi connectivity index (χ0n) is 13.7. The molecule has 25 heavy (non-hydrogen) atoms. The van der Waals surface area contributed by atoms with Gasteiger partial charge in [-0.25, -0.2) is 4.98 Å². The van der Waals surface area contributed by atoms with E-state index in [1.807, 2.05) is 72.1 Å². The summed E-state index contributed by atoms with van der Waals surface area (Å²) in [6.45, 7) is 0. The molecule has 1 aromatic heterocycles. The van der Waals surface area contributed by atoms with Crippen molar-refractivity contribution in [1.29, 1.82) is 5.26 Å². The first kappa shape index (κ1) is 16.7. The van der Waals surface area contributed by atoms with E-state index in [9.17, 15) is 5.26 Å². The number of rotatable bonds is 5. The molecule has 1 heterocycles. The van der Waals surface area contributed by atoms with Crippen LogP contribution in [0.4, 0.5) is 0 Å². The monoisotopic (exact) mass is 344 g/mol. The molecule has 0 aliphatic heterocycles. The smallest absolute Gasteiger partial charge is 0.134 e. The van der Waals surface area contributed by atoms with E-state index in [1.54, 1.807) is 13.2 Å². The Kier molecular flexibility index (Phi) is 5.40. The van der Waals surface area contributed by atoms with Crippen LogP contribution < -0.4 is 4.74 Å². The Morgan fingerprint density at radius 3 is 2.56 bits per heavy atom. The van der Waals surface area contributed by atoms with Crippen molar-refractivity contribution >= 4 is 23.0 Å². The van der Waals surface area contributed by atoms with Gasteiger partial charge in [0.25, 0.3) is 0 Å². The molecule has 0 spiro atoms. The van der Waals surface area contributed by atoms with Crippen molar-refractivity contribution < 1.29 is 4.74 Å². The molecule has 2 aromatic carbocycles. The summed E-state index contributed by atoms with van der Waals surface area (Å²) in [6, 6.07) is 19.9. The van der Waals surface area contributed by atoms with E-state index < -0.39 is 0 Å². The fourth-order valence-corrected chi connectivity index (χ4v) is 3.07. The molecule has 0 amide bonds. The fraction of sp³-hybridized carbons (Fsp3) is 0.0476. The summed E-state index contributed by atoms with van der Waals surface area (Å²) >= 11 is 1.47. The van der Waals surface area contributed by atoms with E-state index in [1.165, 1.54) is 11.3 Å². The van der Waals surface area contributed by atoms with E-state index in [2.05, 4.69) is 11.1 Å². The van der Waals surface area contributed by atoms with Crippen LogP contribution in [0.15, 0.2) is 72.1 Å². The predicted molar refractivity (Wildman–Crippen MR) is 103 cm³/mol. The lowest BCUT2D eigenvalue weighted by atomic mass is 10.1. The Hall–Kier alpha value is -3.16. The van der Waals surface area contributed by atoms with Crippen LogP contribution in [-0.2, 0) is 0 Å². The van der Waals surface area contributed by atoms with Crippen LogP contribution in [0.25, 0.3) is 22.9 Å². The maximum absolute atomic E-state index is 9.42. The molecule has 0 atom stereocenters. The third-order valence-corrected chi connectivity index (χ3v) is 4.47. The second-order valence-electron chi connectivity index (χ2n) is 5.23. The van der Waals surface area contributed by atoms with E-state index in [0.717, 1.165) is 22.6 Å². The Morgan fingerprint density at radius 2 is 1.88 bits per heavy atom. The minimum absolute atomic E-state index is 0.553. The number of hydrogen-bond donors (Lipinski definition) is 0. The summed E-state index contributed by atoms with van der Waals surface area (Å²) in [5, 5.41) is 12.1. The van der Waals surface area contributed by atoms with E-state index >= 15 is 0 Å². The van der Waals surface area contributed by atoms with Gasteiger partial charge >= 0.3 is 0 Å². The van der Waals surface area contributed by atoms with E-state index in [0.29, 0.717) is 10.6 Å². The summed E-state index contributed by atoms with van der Waals surface area (Å²) in [5.74, 6) is 0.808. The third kappa shape index (κ3) is 4.23. The maximum atomic E-state index is 9.42. The largest absolute Gasteiger partial charge is 0.497 e. The molecule has 0 saturated carbocycles. The highest BCUT2D eigenvalue weighted by Gasteiger charge is 2.08. The third-order valence-electron chi connectivity index (χ3n) is 3.59. The minimum Gasteiger partial charge on any atom is -0.497 e. The quantitative estimate of drug-likeness (QED) is 0.457. The SMILES string of the molecule is COc1ccc(-c2csc(/C(C#N)=C\C=C/c3ccccc3)n2)cc1. The van der Waals surface area contributed by atoms with Crippen molar-refractivity contribution in [2.45, 2.75) is 0 Å². The first-order valence-electron chi connectivity index (χ1n) is 7.74. The normalized spacial score (nSPS) is 11.4. The van der Waals surface area contributed by atoms with Gasteiger partial charge in [0.2, 0.25) is 0 Å². The molecule has 122 valence electrons. The number of hydrogen-bond acceptors (Lipinski definition) is 4. The number of aromatic nitrogens is 1. The zero-order chi connectivity index (χ0) is 17.5. The Balaban J connectivity index is 1.80. The van der Waals surface area contributed by atoms with E-state index in [-0.39, 0.29) is 0 Å². The van der Waals surface area contributed by atoms with Crippen molar-refractivity contribution in [3.63, 3.8) is 0 Å². The van der Waals surface area contributed by atoms with Crippen LogP contribution in [0.1, 0.15) is 10.6 Å². The molecule has 3 aromatic rings. The molecular weight excluding hydrogens is 328 g/mol. The topological polar surface area (TPSA) is 45.9 Å². The Morgan fingerprint density at radius 1 is 1.12 bits per heavy atom. The van der Waals surface area contributed by atoms with Crippen molar-refractivity contribution in [1.82, 2.24) is 4.98 Å². The lowest BCUT2D eigenvalue weighted by Gasteiger charge is -2.00. The number of benzene rings is 2. The average Bonchev–Trinajstić information content (AvgIpc) is 3.16. The molecule has 3 nitrogen and oxygen atoms in total. The van der Waals surface area contributed by atoms with Gasteiger partial charge in [0.1, 0.15) is 16.8 Å². The van der Waals surface area contributed by atoms with E-state index in [4.69, 9.17) is 4.74 Å². The Labute approximate surface area is 151 Å². The number of allylic oxidation sites excluding steroid dienone is 3. The lowest BCUT2D eigenvalue weighted by Crippen LogP contribution is -1.84. The molecule has 0 N–H and O–H groups in total. The minimum atomic E-state index is 0.553. The van der Waals surface area contributed by atoms with Crippen LogP contribution in [0, 0.1) is 11.3 Å². The van der Waals surface area contributed by atoms with Crippen molar-refractivity contribution in [2.24, 2.45) is 0 Å². The van der Waals surface area contributed by atoms with Gasteiger partial charge in [-0.15, -0.1) is 11.3 Å². The number of nitrogens with zero attached hydrogens (tertiary/aromatic N) is 2. The maximum Gasteiger partial charge on any atom is 0.134 e. The van der Waals surface area contributed by atoms with Crippen LogP contribution in [0.5, 0.6) is 5.75 Å². The molecule has 0 bridgehead atoms. The van der Waals surface area contributed by atoms with Gasteiger partial charge < -0.3 is 4.74 Å². The van der Waals surface area contributed by atoms with Crippen LogP contribution in [0.2, 0.25) is 0 Å². The second kappa shape index (κ2) is 8.09. The highest BCUT2D eigenvalue weighted by molar-refractivity contribution is 7.11. The molecule has 0 radical (unpaired) electrons. The number of nitriles is 1. The summed E-state index contributed by atoms with van der Waals surface area (Å²) in [6.07, 6.45) is 5.64. The number of thiazole rings is 1. The molecule has 0 aliphatic carbocycles. The fourth-order valence-electron chi connectivity index (χ4n) is 2.27. The van der Waals surface area contributed by atoms with Gasteiger partial charge in [-0.1, -0.05) is 42.5 Å². The molecule has 0 saturated heterocycles. The zero-order valence-corrected chi connectivity index (χ0v) is 14.5. The Bertz CT molecular complexity index is 932. The average molecular weight is 344 g/mol. The van der Waals surface area contributed by atoms with Crippen molar-refractivity contribution in [3.8, 4) is 23.1 Å². The summed E-state index contributed by atoms with van der Waals surface area (Å²) in [7, 11) is 1.64. The molecule has 4 heteroatoms. The second-order valence-corrected chi connectivity index (χ2v) is 6.09. The van der Waals surface area contributed by atoms with Crippen LogP contribution in [-0.4, -0.2) is 12.1 Å². The molecule has 0 aliphatic rings. The van der Waals surface area contributed by atoms with Gasteiger partial charge in [-0.2, -0.15) is 5.26 Å². The van der Waals surface area contributed by atoms with Gasteiger partial charge in [0.15, 0.2) is 0 Å². The molecule has 3 rings (SSSR count). The predicted octanol–water partition coefficient (Wildman–Crippen LogP) is 5.44. The molecule has 0 fully saturated rings. The van der Waals surface area contributed by atoms with Crippen LogP contribution >= 0.6 is 11.3 Å². The first-order chi connectivity index (χ1) is 12.3. The van der Waals surface area contributed by atoms with Crippen molar-refractivity contribution in [2.75, 3.05) is 7.11 Å². The highest BCUT2D eigenvalue weighted by atomic mass is 32.1. The van der Waals surface area contributed by atoms with Gasteiger partial charge in [-0.3, -0.25) is 0 Å².